The van der Waals surface area contributed by atoms with E-state index in [2.05, 4.69) is 39.9 Å². The molecule has 1 aliphatic rings. The molecule has 4 nitrogen and oxygen atoms in total. The average molecular weight is 351 g/mol. The maximum Gasteiger partial charge on any atom is 0.243 e. The number of thiazole rings is 1. The highest BCUT2D eigenvalue weighted by atomic mass is 32.1. The summed E-state index contributed by atoms with van der Waals surface area (Å²) >= 11 is 1.51. The summed E-state index contributed by atoms with van der Waals surface area (Å²) in [6.07, 6.45) is 2.44. The minimum absolute atomic E-state index is 0.0411. The third-order valence-electron chi connectivity index (χ3n) is 4.60. The molecule has 3 aromatic rings. The van der Waals surface area contributed by atoms with Crippen molar-refractivity contribution < 1.29 is 4.79 Å². The molecule has 2 N–H and O–H groups in total. The second-order valence-electron chi connectivity index (χ2n) is 6.59. The third kappa shape index (κ3) is 3.72. The van der Waals surface area contributed by atoms with Gasteiger partial charge in [-0.25, -0.2) is 4.98 Å². The summed E-state index contributed by atoms with van der Waals surface area (Å²) in [5, 5.41) is 7.12. The maximum absolute atomic E-state index is 12.6. The lowest BCUT2D eigenvalue weighted by atomic mass is 10.0. The Morgan fingerprint density at radius 2 is 1.84 bits per heavy atom. The van der Waals surface area contributed by atoms with Crippen LogP contribution in [0, 0.1) is 5.92 Å². The van der Waals surface area contributed by atoms with E-state index in [1.54, 1.807) is 0 Å². The van der Waals surface area contributed by atoms with E-state index >= 15 is 0 Å². The second-order valence-corrected chi connectivity index (χ2v) is 7.62. The van der Waals surface area contributed by atoms with Crippen LogP contribution >= 0.6 is 11.3 Å². The first-order chi connectivity index (χ1) is 12.2. The van der Waals surface area contributed by atoms with Gasteiger partial charge in [-0.05, 0) is 43.4 Å². The molecule has 5 heteroatoms. The molecule has 0 spiro atoms. The third-order valence-corrected chi connectivity index (χ3v) is 5.55. The number of fused-ring (bicyclic) bond motifs is 1. The average Bonchev–Trinajstić information content (AvgIpc) is 3.39. The SMILES string of the molecule is CC(NC(c1ccccc1)C1CC1)C(=O)Nc1nc2ccccc2s1. The number of hydrogen-bond acceptors (Lipinski definition) is 4. The van der Waals surface area contributed by atoms with Crippen molar-refractivity contribution in [3.05, 3.63) is 60.2 Å². The number of amides is 1. The van der Waals surface area contributed by atoms with Crippen LogP contribution in [0.3, 0.4) is 0 Å². The van der Waals surface area contributed by atoms with Gasteiger partial charge >= 0.3 is 0 Å². The number of anilines is 1. The molecule has 2 aromatic carbocycles. The molecule has 128 valence electrons. The largest absolute Gasteiger partial charge is 0.301 e. The zero-order chi connectivity index (χ0) is 17.2. The summed E-state index contributed by atoms with van der Waals surface area (Å²) < 4.78 is 1.08. The molecule has 0 radical (unpaired) electrons. The van der Waals surface area contributed by atoms with Crippen LogP contribution in [0.25, 0.3) is 10.2 Å². The molecule has 1 saturated carbocycles. The molecule has 1 amide bonds. The smallest absolute Gasteiger partial charge is 0.243 e. The Bertz CT molecular complexity index is 840. The van der Waals surface area contributed by atoms with Crippen LogP contribution < -0.4 is 10.6 Å². The molecule has 0 saturated heterocycles. The van der Waals surface area contributed by atoms with E-state index in [4.69, 9.17) is 0 Å². The van der Waals surface area contributed by atoms with E-state index in [0.717, 1.165) is 10.2 Å². The standard InChI is InChI=1S/C20H21N3OS/c1-13(21-18(15-11-12-15)14-7-3-2-4-8-14)19(24)23-20-22-16-9-5-6-10-17(16)25-20/h2-10,13,15,18,21H,11-12H2,1H3,(H,22,23,24). The van der Waals surface area contributed by atoms with E-state index in [9.17, 15) is 4.79 Å². The molecular weight excluding hydrogens is 330 g/mol. The van der Waals surface area contributed by atoms with Gasteiger partial charge in [0.1, 0.15) is 0 Å². The second kappa shape index (κ2) is 6.94. The zero-order valence-corrected chi connectivity index (χ0v) is 14.9. The number of benzene rings is 2. The predicted octanol–water partition coefficient (Wildman–Crippen LogP) is 4.36. The quantitative estimate of drug-likeness (QED) is 0.693. The van der Waals surface area contributed by atoms with Crippen molar-refractivity contribution in [3.8, 4) is 0 Å². The van der Waals surface area contributed by atoms with Gasteiger partial charge in [-0.2, -0.15) is 0 Å². The fourth-order valence-corrected chi connectivity index (χ4v) is 3.95. The Kier molecular flexibility index (Phi) is 4.51. The van der Waals surface area contributed by atoms with Crippen LogP contribution in [0.2, 0.25) is 0 Å². The molecule has 2 unspecified atom stereocenters. The van der Waals surface area contributed by atoms with Gasteiger partial charge in [-0.1, -0.05) is 53.8 Å². The number of carbonyl (C=O) groups excluding carboxylic acids is 1. The van der Waals surface area contributed by atoms with Crippen molar-refractivity contribution in [1.82, 2.24) is 10.3 Å². The minimum Gasteiger partial charge on any atom is -0.301 e. The monoisotopic (exact) mass is 351 g/mol. The van der Waals surface area contributed by atoms with E-state index in [1.807, 2.05) is 37.3 Å². The molecule has 1 heterocycles. The topological polar surface area (TPSA) is 54.0 Å². The number of carbonyl (C=O) groups is 1. The van der Waals surface area contributed by atoms with Gasteiger partial charge in [0.05, 0.1) is 16.3 Å². The fraction of sp³-hybridized carbons (Fsp3) is 0.300. The van der Waals surface area contributed by atoms with Crippen molar-refractivity contribution in [2.75, 3.05) is 5.32 Å². The Hall–Kier alpha value is -2.24. The molecule has 1 fully saturated rings. The summed E-state index contributed by atoms with van der Waals surface area (Å²) in [6, 6.07) is 18.3. The Balaban J connectivity index is 1.44. The molecule has 2 atom stereocenters. The first-order valence-corrected chi connectivity index (χ1v) is 9.50. The van der Waals surface area contributed by atoms with Gasteiger partial charge < -0.3 is 5.32 Å². The maximum atomic E-state index is 12.6. The number of aromatic nitrogens is 1. The van der Waals surface area contributed by atoms with E-state index < -0.39 is 0 Å². The normalized spacial score (nSPS) is 16.5. The number of para-hydroxylation sites is 1. The summed E-state index contributed by atoms with van der Waals surface area (Å²) in [7, 11) is 0. The van der Waals surface area contributed by atoms with Gasteiger partial charge in [0.25, 0.3) is 0 Å². The first kappa shape index (κ1) is 16.2. The lowest BCUT2D eigenvalue weighted by Crippen LogP contribution is -2.40. The predicted molar refractivity (Wildman–Crippen MR) is 103 cm³/mol. The van der Waals surface area contributed by atoms with Gasteiger partial charge in [0.15, 0.2) is 5.13 Å². The summed E-state index contributed by atoms with van der Waals surface area (Å²) in [6.45, 7) is 1.92. The molecule has 25 heavy (non-hydrogen) atoms. The lowest BCUT2D eigenvalue weighted by Gasteiger charge is -2.23. The lowest BCUT2D eigenvalue weighted by molar-refractivity contribution is -0.118. The van der Waals surface area contributed by atoms with Gasteiger partial charge in [-0.15, -0.1) is 0 Å². The molecule has 1 aliphatic carbocycles. The summed E-state index contributed by atoms with van der Waals surface area (Å²) in [5.41, 5.74) is 2.17. The Morgan fingerprint density at radius 1 is 1.12 bits per heavy atom. The molecule has 0 aliphatic heterocycles. The molecule has 0 bridgehead atoms. The van der Waals surface area contributed by atoms with Crippen molar-refractivity contribution >= 4 is 32.6 Å². The number of nitrogens with zero attached hydrogens (tertiary/aromatic N) is 1. The highest BCUT2D eigenvalue weighted by Crippen LogP contribution is 2.41. The van der Waals surface area contributed by atoms with Crippen LogP contribution in [0.15, 0.2) is 54.6 Å². The van der Waals surface area contributed by atoms with E-state index in [-0.39, 0.29) is 18.0 Å². The number of rotatable bonds is 6. The fourth-order valence-electron chi connectivity index (χ4n) is 3.08. The van der Waals surface area contributed by atoms with E-state index in [0.29, 0.717) is 11.0 Å². The van der Waals surface area contributed by atoms with Crippen molar-refractivity contribution in [1.29, 1.82) is 0 Å². The van der Waals surface area contributed by atoms with Crippen molar-refractivity contribution in [3.63, 3.8) is 0 Å². The molecular formula is C20H21N3OS. The number of nitrogens with one attached hydrogen (secondary N) is 2. The number of hydrogen-bond donors (Lipinski definition) is 2. The Labute approximate surface area is 151 Å². The minimum atomic E-state index is -0.280. The van der Waals surface area contributed by atoms with E-state index in [1.165, 1.54) is 29.7 Å². The highest BCUT2D eigenvalue weighted by Gasteiger charge is 2.34. The molecule has 1 aromatic heterocycles. The summed E-state index contributed by atoms with van der Waals surface area (Å²) in [5.74, 6) is 0.584. The van der Waals surface area contributed by atoms with Crippen LogP contribution in [0.5, 0.6) is 0 Å². The van der Waals surface area contributed by atoms with Crippen molar-refractivity contribution in [2.45, 2.75) is 31.8 Å². The van der Waals surface area contributed by atoms with Crippen molar-refractivity contribution in [2.24, 2.45) is 5.92 Å². The molecule has 4 rings (SSSR count). The van der Waals surface area contributed by atoms with Gasteiger partial charge in [-0.3, -0.25) is 10.1 Å². The van der Waals surface area contributed by atoms with Crippen LogP contribution in [0.1, 0.15) is 31.4 Å². The first-order valence-electron chi connectivity index (χ1n) is 8.68. The zero-order valence-electron chi connectivity index (χ0n) is 14.1. The van der Waals surface area contributed by atoms with Crippen LogP contribution in [0.4, 0.5) is 5.13 Å². The van der Waals surface area contributed by atoms with Gasteiger partial charge in [0, 0.05) is 6.04 Å². The van der Waals surface area contributed by atoms with Crippen LogP contribution in [-0.4, -0.2) is 16.9 Å². The van der Waals surface area contributed by atoms with Crippen LogP contribution in [-0.2, 0) is 4.79 Å². The summed E-state index contributed by atoms with van der Waals surface area (Å²) in [4.78, 5) is 17.1. The van der Waals surface area contributed by atoms with Gasteiger partial charge in [0.2, 0.25) is 5.91 Å². The highest BCUT2D eigenvalue weighted by molar-refractivity contribution is 7.22. The Morgan fingerprint density at radius 3 is 2.56 bits per heavy atom.